The van der Waals surface area contributed by atoms with E-state index in [1.54, 1.807) is 6.92 Å². The Bertz CT molecular complexity index is 244. The maximum Gasteiger partial charge on any atom is 0.238 e. The van der Waals surface area contributed by atoms with Gasteiger partial charge in [0.2, 0.25) is 17.7 Å². The zero-order chi connectivity index (χ0) is 10.0. The molecule has 1 fully saturated rings. The summed E-state index contributed by atoms with van der Waals surface area (Å²) < 4.78 is 0. The van der Waals surface area contributed by atoms with E-state index >= 15 is 0 Å². The minimum atomic E-state index is -0.352. The summed E-state index contributed by atoms with van der Waals surface area (Å²) in [4.78, 5) is 34.5. The van der Waals surface area contributed by atoms with E-state index in [1.165, 1.54) is 0 Å². The molecule has 0 spiro atoms. The van der Waals surface area contributed by atoms with Crippen LogP contribution in [0.4, 0.5) is 0 Å². The number of hydrogen-bond acceptors (Lipinski definition) is 3. The Morgan fingerprint density at radius 2 is 1.85 bits per heavy atom. The van der Waals surface area contributed by atoms with Crippen LogP contribution < -0.4 is 0 Å². The lowest BCUT2D eigenvalue weighted by atomic mass is 10.1. The molecule has 1 saturated heterocycles. The third-order valence-corrected chi connectivity index (χ3v) is 2.31. The van der Waals surface area contributed by atoms with Crippen molar-refractivity contribution in [2.24, 2.45) is 5.92 Å². The van der Waals surface area contributed by atoms with Crippen molar-refractivity contribution < 1.29 is 14.4 Å². The molecule has 4 heteroatoms. The van der Waals surface area contributed by atoms with Crippen LogP contribution in [0.1, 0.15) is 33.1 Å². The van der Waals surface area contributed by atoms with E-state index in [1.807, 2.05) is 6.92 Å². The van der Waals surface area contributed by atoms with E-state index in [2.05, 4.69) is 0 Å². The van der Waals surface area contributed by atoms with Crippen molar-refractivity contribution in [2.75, 3.05) is 0 Å². The van der Waals surface area contributed by atoms with Gasteiger partial charge in [-0.1, -0.05) is 13.8 Å². The third-order valence-electron chi connectivity index (χ3n) is 2.31. The largest absolute Gasteiger partial charge is 0.274 e. The number of nitrogens with zero attached hydrogens (tertiary/aromatic N) is 1. The molecule has 1 heterocycles. The molecule has 0 N–H and O–H groups in total. The molecule has 3 amide bonds. The lowest BCUT2D eigenvalue weighted by molar-refractivity contribution is -0.151. The van der Waals surface area contributed by atoms with Gasteiger partial charge in [-0.2, -0.15) is 0 Å². The Morgan fingerprint density at radius 1 is 1.38 bits per heavy atom. The monoisotopic (exact) mass is 183 g/mol. The number of likely N-dealkylation sites (tertiary alicyclic amines) is 1. The minimum Gasteiger partial charge on any atom is -0.274 e. The van der Waals surface area contributed by atoms with E-state index in [4.69, 9.17) is 0 Å². The summed E-state index contributed by atoms with van der Waals surface area (Å²) in [7, 11) is 0. The van der Waals surface area contributed by atoms with Gasteiger partial charge in [-0.05, 0) is 6.42 Å². The molecule has 0 saturated carbocycles. The number of rotatable bonds is 2. The Balaban J connectivity index is 2.75. The van der Waals surface area contributed by atoms with Gasteiger partial charge < -0.3 is 0 Å². The van der Waals surface area contributed by atoms with Gasteiger partial charge in [0.15, 0.2) is 0 Å². The Kier molecular flexibility index (Phi) is 2.80. The number of hydrogen-bond donors (Lipinski definition) is 0. The molecular weight excluding hydrogens is 170 g/mol. The van der Waals surface area contributed by atoms with Crippen LogP contribution in [0.5, 0.6) is 0 Å². The van der Waals surface area contributed by atoms with Crippen molar-refractivity contribution in [1.29, 1.82) is 0 Å². The zero-order valence-corrected chi connectivity index (χ0v) is 7.87. The second-order valence-electron chi connectivity index (χ2n) is 3.27. The van der Waals surface area contributed by atoms with Gasteiger partial charge >= 0.3 is 0 Å². The lowest BCUT2D eigenvalue weighted by Gasteiger charge is -2.15. The van der Waals surface area contributed by atoms with Crippen LogP contribution in [0.2, 0.25) is 0 Å². The maximum absolute atomic E-state index is 11.5. The van der Waals surface area contributed by atoms with Gasteiger partial charge in [-0.3, -0.25) is 14.4 Å². The summed E-state index contributed by atoms with van der Waals surface area (Å²) in [6.45, 7) is 3.58. The third kappa shape index (κ3) is 1.76. The van der Waals surface area contributed by atoms with Crippen LogP contribution in [0.15, 0.2) is 0 Å². The first-order valence-corrected chi connectivity index (χ1v) is 4.47. The predicted octanol–water partition coefficient (Wildman–Crippen LogP) is 0.708. The molecule has 1 unspecified atom stereocenters. The minimum absolute atomic E-state index is 0.182. The molecule has 1 rings (SSSR count). The first-order chi connectivity index (χ1) is 6.07. The van der Waals surface area contributed by atoms with Crippen LogP contribution >= 0.6 is 0 Å². The SMILES string of the molecule is CCC(C)C(=O)N1C(=O)CCC1=O. The second-order valence-corrected chi connectivity index (χ2v) is 3.27. The molecule has 72 valence electrons. The molecule has 0 aromatic heterocycles. The molecule has 1 atom stereocenters. The molecule has 0 aliphatic carbocycles. The van der Waals surface area contributed by atoms with E-state index in [-0.39, 0.29) is 36.5 Å². The van der Waals surface area contributed by atoms with Crippen LogP contribution in [0.25, 0.3) is 0 Å². The molecule has 0 radical (unpaired) electrons. The zero-order valence-electron chi connectivity index (χ0n) is 7.87. The number of imide groups is 3. The van der Waals surface area contributed by atoms with Gasteiger partial charge in [0.1, 0.15) is 0 Å². The van der Waals surface area contributed by atoms with Gasteiger partial charge in [0, 0.05) is 18.8 Å². The Hall–Kier alpha value is -1.19. The van der Waals surface area contributed by atoms with Crippen molar-refractivity contribution in [3.63, 3.8) is 0 Å². The predicted molar refractivity (Wildman–Crippen MR) is 45.5 cm³/mol. The fourth-order valence-electron chi connectivity index (χ4n) is 1.22. The smallest absolute Gasteiger partial charge is 0.238 e. The van der Waals surface area contributed by atoms with Crippen molar-refractivity contribution in [1.82, 2.24) is 4.90 Å². The number of amides is 3. The van der Waals surface area contributed by atoms with Gasteiger partial charge in [-0.15, -0.1) is 0 Å². The average Bonchev–Trinajstić information content (AvgIpc) is 2.44. The molecule has 0 aromatic rings. The van der Waals surface area contributed by atoms with Crippen molar-refractivity contribution in [2.45, 2.75) is 33.1 Å². The highest BCUT2D eigenvalue weighted by atomic mass is 16.2. The highest BCUT2D eigenvalue weighted by Crippen LogP contribution is 2.16. The van der Waals surface area contributed by atoms with E-state index in [9.17, 15) is 14.4 Å². The van der Waals surface area contributed by atoms with E-state index in [0.29, 0.717) is 6.42 Å². The molecule has 4 nitrogen and oxygen atoms in total. The van der Waals surface area contributed by atoms with Gasteiger partial charge in [0.05, 0.1) is 0 Å². The van der Waals surface area contributed by atoms with Crippen LogP contribution in [0, 0.1) is 5.92 Å². The number of carbonyl (C=O) groups excluding carboxylic acids is 3. The van der Waals surface area contributed by atoms with Crippen molar-refractivity contribution in [3.05, 3.63) is 0 Å². The summed E-state index contributed by atoms with van der Waals surface area (Å²) in [5.74, 6) is -1.30. The summed E-state index contributed by atoms with van der Waals surface area (Å²) in [5, 5.41) is 0. The standard InChI is InChI=1S/C9H13NO3/c1-3-6(2)9(13)10-7(11)4-5-8(10)12/h6H,3-5H2,1-2H3. The Labute approximate surface area is 76.9 Å². The number of carbonyl (C=O) groups is 3. The molecular formula is C9H13NO3. The highest BCUT2D eigenvalue weighted by Gasteiger charge is 2.35. The van der Waals surface area contributed by atoms with Gasteiger partial charge in [-0.25, -0.2) is 4.90 Å². The molecule has 0 bridgehead atoms. The normalized spacial score (nSPS) is 19.4. The van der Waals surface area contributed by atoms with Crippen LogP contribution in [-0.4, -0.2) is 22.6 Å². The van der Waals surface area contributed by atoms with Crippen molar-refractivity contribution in [3.8, 4) is 0 Å². The topological polar surface area (TPSA) is 54.5 Å². The fraction of sp³-hybridized carbons (Fsp3) is 0.667. The first kappa shape index (κ1) is 9.89. The summed E-state index contributed by atoms with van der Waals surface area (Å²) in [6.07, 6.45) is 1.01. The summed E-state index contributed by atoms with van der Waals surface area (Å²) >= 11 is 0. The summed E-state index contributed by atoms with van der Waals surface area (Å²) in [6, 6.07) is 0. The van der Waals surface area contributed by atoms with Crippen LogP contribution in [0.3, 0.4) is 0 Å². The molecule has 13 heavy (non-hydrogen) atoms. The quantitative estimate of drug-likeness (QED) is 0.592. The maximum atomic E-state index is 11.5. The van der Waals surface area contributed by atoms with Gasteiger partial charge in [0.25, 0.3) is 0 Å². The fourth-order valence-corrected chi connectivity index (χ4v) is 1.22. The average molecular weight is 183 g/mol. The Morgan fingerprint density at radius 3 is 2.23 bits per heavy atom. The van der Waals surface area contributed by atoms with E-state index < -0.39 is 0 Å². The molecule has 0 aromatic carbocycles. The summed E-state index contributed by atoms with van der Waals surface area (Å²) in [5.41, 5.74) is 0. The lowest BCUT2D eigenvalue weighted by Crippen LogP contribution is -2.38. The first-order valence-electron chi connectivity index (χ1n) is 4.47. The molecule has 1 aliphatic heterocycles. The second kappa shape index (κ2) is 3.68. The highest BCUT2D eigenvalue weighted by molar-refractivity contribution is 6.15. The van der Waals surface area contributed by atoms with Crippen LogP contribution in [-0.2, 0) is 14.4 Å². The van der Waals surface area contributed by atoms with E-state index in [0.717, 1.165) is 4.90 Å². The molecule has 1 aliphatic rings. The van der Waals surface area contributed by atoms with Crippen molar-refractivity contribution >= 4 is 17.7 Å².